The zero-order valence-electron chi connectivity index (χ0n) is 32.3. The molecule has 0 radical (unpaired) electrons. The third-order valence-corrected chi connectivity index (χ3v) is 11.6. The minimum atomic E-state index is -0.544. The molecule has 288 valence electrons. The van der Waals surface area contributed by atoms with Crippen LogP contribution in [-0.4, -0.2) is 94.4 Å². The van der Waals surface area contributed by atoms with Crippen molar-refractivity contribution in [3.8, 4) is 10.4 Å². The van der Waals surface area contributed by atoms with Crippen LogP contribution in [0.1, 0.15) is 109 Å². The van der Waals surface area contributed by atoms with E-state index in [0.29, 0.717) is 31.8 Å². The number of rotatable bonds is 10. The molecule has 2 aromatic heterocycles. The number of aromatic nitrogens is 2. The van der Waals surface area contributed by atoms with Gasteiger partial charge in [-0.1, -0.05) is 43.3 Å². The first-order chi connectivity index (χ1) is 25.3. The zero-order valence-corrected chi connectivity index (χ0v) is 33.1. The highest BCUT2D eigenvalue weighted by Gasteiger charge is 2.41. The highest BCUT2D eigenvalue weighted by molar-refractivity contribution is 7.13. The standard InChI is InChI=1S/C40H56N6O6S/c1-25(2)35(38(48)46-18-8-9-32(46)37(47)42-26(3)28-10-12-29(13-11-28)36-27(4)41-24-53-36)33-23-34(43-52-33)44-19-14-30(15-20-44)50-31-16-21-45(22-17-31)39(49)51-40(5,6)7/h10-13,23-26,30-32,35H,8-9,14-22H2,1-7H3,(H,42,47). The quantitative estimate of drug-likeness (QED) is 0.231. The van der Waals surface area contributed by atoms with Gasteiger partial charge in [-0.3, -0.25) is 9.59 Å². The van der Waals surface area contributed by atoms with E-state index in [0.717, 1.165) is 72.7 Å². The highest BCUT2D eigenvalue weighted by Crippen LogP contribution is 2.34. The Labute approximate surface area is 317 Å². The Morgan fingerprint density at radius 1 is 0.943 bits per heavy atom. The molecule has 1 aromatic carbocycles. The summed E-state index contributed by atoms with van der Waals surface area (Å²) in [6, 6.07) is 9.39. The number of amides is 3. The first kappa shape index (κ1) is 38.7. The van der Waals surface area contributed by atoms with E-state index in [1.165, 1.54) is 0 Å². The fourth-order valence-electron chi connectivity index (χ4n) is 7.68. The average Bonchev–Trinajstić information content (AvgIpc) is 3.90. The number of carbonyl (C=O) groups is 3. The van der Waals surface area contributed by atoms with Crippen molar-refractivity contribution in [2.45, 2.75) is 123 Å². The van der Waals surface area contributed by atoms with Gasteiger partial charge in [-0.2, -0.15) is 0 Å². The summed E-state index contributed by atoms with van der Waals surface area (Å²) in [6.45, 7) is 17.0. The average molecular weight is 749 g/mol. The number of piperidine rings is 2. The molecule has 3 atom stereocenters. The number of ether oxygens (including phenoxy) is 2. The van der Waals surface area contributed by atoms with Crippen LogP contribution in [0, 0.1) is 12.8 Å². The molecular weight excluding hydrogens is 693 g/mol. The molecule has 3 saturated heterocycles. The summed E-state index contributed by atoms with van der Waals surface area (Å²) < 4.78 is 17.9. The van der Waals surface area contributed by atoms with Crippen LogP contribution >= 0.6 is 11.3 Å². The van der Waals surface area contributed by atoms with Crippen molar-refractivity contribution in [3.05, 3.63) is 52.9 Å². The van der Waals surface area contributed by atoms with Crippen LogP contribution < -0.4 is 10.2 Å². The predicted molar refractivity (Wildman–Crippen MR) is 205 cm³/mol. The highest BCUT2D eigenvalue weighted by atomic mass is 32.1. The SMILES string of the molecule is Cc1ncsc1-c1ccc(C(C)NC(=O)C2CCCN2C(=O)C(c2cc(N3CCC(OC4CCN(C(=O)OC(C)(C)C)CC4)CC3)no2)C(C)C)cc1. The topological polar surface area (TPSA) is 130 Å². The van der Waals surface area contributed by atoms with E-state index < -0.39 is 17.6 Å². The van der Waals surface area contributed by atoms with E-state index in [2.05, 4.69) is 32.5 Å². The Hall–Kier alpha value is -3.97. The van der Waals surface area contributed by atoms with Gasteiger partial charge in [0.2, 0.25) is 11.8 Å². The lowest BCUT2D eigenvalue weighted by molar-refractivity contribution is -0.141. The number of hydrogen-bond acceptors (Lipinski definition) is 10. The van der Waals surface area contributed by atoms with E-state index >= 15 is 0 Å². The lowest BCUT2D eigenvalue weighted by atomic mass is 9.91. The molecule has 5 heterocycles. The molecule has 3 aliphatic rings. The molecule has 0 bridgehead atoms. The van der Waals surface area contributed by atoms with Crippen LogP contribution in [0.25, 0.3) is 10.4 Å². The van der Waals surface area contributed by atoms with Crippen molar-refractivity contribution in [2.75, 3.05) is 37.6 Å². The predicted octanol–water partition coefficient (Wildman–Crippen LogP) is 7.10. The molecule has 3 aliphatic heterocycles. The van der Waals surface area contributed by atoms with E-state index in [-0.39, 0.29) is 42.1 Å². The molecule has 53 heavy (non-hydrogen) atoms. The Morgan fingerprint density at radius 2 is 1.60 bits per heavy atom. The number of likely N-dealkylation sites (tertiary alicyclic amines) is 2. The normalized spacial score (nSPS) is 20.2. The summed E-state index contributed by atoms with van der Waals surface area (Å²) >= 11 is 1.62. The molecule has 3 aromatic rings. The van der Waals surface area contributed by atoms with Gasteiger partial charge >= 0.3 is 6.09 Å². The van der Waals surface area contributed by atoms with Gasteiger partial charge < -0.3 is 34.0 Å². The molecule has 3 fully saturated rings. The number of benzene rings is 1. The second kappa shape index (κ2) is 16.6. The monoisotopic (exact) mass is 748 g/mol. The van der Waals surface area contributed by atoms with E-state index in [1.54, 1.807) is 21.1 Å². The molecule has 13 heteroatoms. The third-order valence-electron chi connectivity index (χ3n) is 10.6. The smallest absolute Gasteiger partial charge is 0.410 e. The van der Waals surface area contributed by atoms with Crippen LogP contribution in [0.5, 0.6) is 0 Å². The van der Waals surface area contributed by atoms with Gasteiger partial charge in [0.05, 0.1) is 34.3 Å². The van der Waals surface area contributed by atoms with Gasteiger partial charge in [-0.25, -0.2) is 9.78 Å². The molecular formula is C40H56N6O6S. The fourth-order valence-corrected chi connectivity index (χ4v) is 8.49. The summed E-state index contributed by atoms with van der Waals surface area (Å²) in [4.78, 5) is 51.4. The Morgan fingerprint density at radius 3 is 2.21 bits per heavy atom. The maximum absolute atomic E-state index is 14.2. The molecule has 0 spiro atoms. The first-order valence-electron chi connectivity index (χ1n) is 19.2. The lowest BCUT2D eigenvalue weighted by Crippen LogP contribution is -2.48. The summed E-state index contributed by atoms with van der Waals surface area (Å²) in [5, 5.41) is 7.58. The van der Waals surface area contributed by atoms with E-state index in [4.69, 9.17) is 14.0 Å². The second-order valence-electron chi connectivity index (χ2n) is 16.1. The first-order valence-corrected chi connectivity index (χ1v) is 20.1. The lowest BCUT2D eigenvalue weighted by Gasteiger charge is -2.37. The van der Waals surface area contributed by atoms with Crippen molar-refractivity contribution < 1.29 is 28.4 Å². The number of thiazole rings is 1. The van der Waals surface area contributed by atoms with Crippen LogP contribution in [0.4, 0.5) is 10.6 Å². The number of hydrogen-bond donors (Lipinski definition) is 1. The van der Waals surface area contributed by atoms with Gasteiger partial charge in [-0.15, -0.1) is 11.3 Å². The minimum absolute atomic E-state index is 0.0481. The van der Waals surface area contributed by atoms with Crippen LogP contribution in [0.2, 0.25) is 0 Å². The van der Waals surface area contributed by atoms with Gasteiger partial charge in [0.1, 0.15) is 17.6 Å². The van der Waals surface area contributed by atoms with Gasteiger partial charge in [0, 0.05) is 38.8 Å². The molecule has 3 amide bonds. The van der Waals surface area contributed by atoms with E-state index in [9.17, 15) is 14.4 Å². The van der Waals surface area contributed by atoms with Gasteiger partial charge in [0.25, 0.3) is 0 Å². The van der Waals surface area contributed by atoms with Crippen molar-refractivity contribution in [3.63, 3.8) is 0 Å². The fraction of sp³-hybridized carbons (Fsp3) is 0.625. The largest absolute Gasteiger partial charge is 0.444 e. The summed E-state index contributed by atoms with van der Waals surface area (Å²) in [6.07, 6.45) is 4.75. The molecule has 0 saturated carbocycles. The number of aryl methyl sites for hydroxylation is 1. The molecule has 6 rings (SSSR count). The number of carbonyl (C=O) groups excluding carboxylic acids is 3. The van der Waals surface area contributed by atoms with Crippen LogP contribution in [0.3, 0.4) is 0 Å². The second-order valence-corrected chi connectivity index (χ2v) is 17.0. The minimum Gasteiger partial charge on any atom is -0.444 e. The Bertz CT molecular complexity index is 1700. The number of anilines is 1. The third kappa shape index (κ3) is 9.40. The van der Waals surface area contributed by atoms with Gasteiger partial charge in [0.15, 0.2) is 11.6 Å². The maximum Gasteiger partial charge on any atom is 0.410 e. The van der Waals surface area contributed by atoms with Crippen molar-refractivity contribution in [1.82, 2.24) is 25.3 Å². The zero-order chi connectivity index (χ0) is 37.9. The molecule has 12 nitrogen and oxygen atoms in total. The van der Waals surface area contributed by atoms with E-state index in [1.807, 2.05) is 72.2 Å². The molecule has 0 aliphatic carbocycles. The Kier molecular flexibility index (Phi) is 12.1. The summed E-state index contributed by atoms with van der Waals surface area (Å²) in [5.41, 5.74) is 4.48. The van der Waals surface area contributed by atoms with Crippen LogP contribution in [-0.2, 0) is 19.1 Å². The number of nitrogens with one attached hydrogen (secondary N) is 1. The van der Waals surface area contributed by atoms with Gasteiger partial charge in [-0.05, 0) is 90.2 Å². The van der Waals surface area contributed by atoms with Crippen molar-refractivity contribution >= 4 is 35.1 Å². The maximum atomic E-state index is 14.2. The summed E-state index contributed by atoms with van der Waals surface area (Å²) in [7, 11) is 0. The molecule has 3 unspecified atom stereocenters. The number of nitrogens with zero attached hydrogens (tertiary/aromatic N) is 5. The summed E-state index contributed by atoms with van der Waals surface area (Å²) in [5.74, 6) is 0.437. The molecule has 1 N–H and O–H groups in total. The van der Waals surface area contributed by atoms with Crippen LogP contribution in [0.15, 0.2) is 40.4 Å². The van der Waals surface area contributed by atoms with Crippen molar-refractivity contribution in [1.29, 1.82) is 0 Å². The Balaban J connectivity index is 1.00. The van der Waals surface area contributed by atoms with Crippen molar-refractivity contribution in [2.24, 2.45) is 5.92 Å².